The van der Waals surface area contributed by atoms with Crippen molar-refractivity contribution in [2.75, 3.05) is 23.7 Å². The first-order valence-electron chi connectivity index (χ1n) is 7.88. The number of benzene rings is 1. The summed E-state index contributed by atoms with van der Waals surface area (Å²) in [5.41, 5.74) is 0.482. The molecule has 3 rings (SSSR count). The van der Waals surface area contributed by atoms with Gasteiger partial charge in [0.2, 0.25) is 17.0 Å². The summed E-state index contributed by atoms with van der Waals surface area (Å²) >= 11 is 1.44. The Morgan fingerprint density at radius 3 is 3.08 bits per heavy atom. The minimum atomic E-state index is -0.425. The van der Waals surface area contributed by atoms with Crippen molar-refractivity contribution in [1.82, 2.24) is 20.5 Å². The van der Waals surface area contributed by atoms with Gasteiger partial charge in [0, 0.05) is 31.0 Å². The third-order valence-corrected chi connectivity index (χ3v) is 4.67. The molecule has 0 saturated carbocycles. The Bertz CT molecular complexity index is 781. The summed E-state index contributed by atoms with van der Waals surface area (Å²) in [5.74, 6) is 0.213. The first-order valence-corrected chi connectivity index (χ1v) is 8.87. The van der Waals surface area contributed by atoms with Crippen molar-refractivity contribution in [2.45, 2.75) is 18.5 Å². The highest BCUT2D eigenvalue weighted by Crippen LogP contribution is 2.25. The molecular formula is C16H18FN5O2S. The average Bonchev–Trinajstić information content (AvgIpc) is 3.17. The van der Waals surface area contributed by atoms with Gasteiger partial charge in [-0.15, -0.1) is 5.10 Å². The molecule has 0 radical (unpaired) electrons. The van der Waals surface area contributed by atoms with E-state index in [1.165, 1.54) is 28.8 Å². The van der Waals surface area contributed by atoms with Crippen molar-refractivity contribution in [3.05, 3.63) is 35.9 Å². The van der Waals surface area contributed by atoms with E-state index >= 15 is 0 Å². The monoisotopic (exact) mass is 363 g/mol. The number of halogens is 1. The first-order chi connectivity index (χ1) is 12.0. The standard InChI is InChI=1S/C16H18FN5O2S/c1-10-19-16(21-20-10)25-6-5-18-15(24)11-7-14(23)22(9-11)13-4-2-3-12(17)8-13/h2-4,8,11H,5-7,9H2,1H3,(H,18,24)(H,19,20,21)/t11-/m1/s1. The van der Waals surface area contributed by atoms with Crippen LogP contribution in [-0.4, -0.2) is 45.8 Å². The number of amides is 2. The van der Waals surface area contributed by atoms with Crippen LogP contribution in [0, 0.1) is 18.7 Å². The van der Waals surface area contributed by atoms with Crippen LogP contribution in [0.4, 0.5) is 10.1 Å². The van der Waals surface area contributed by atoms with Gasteiger partial charge in [-0.2, -0.15) is 0 Å². The van der Waals surface area contributed by atoms with E-state index in [2.05, 4.69) is 20.5 Å². The molecule has 1 atom stereocenters. The van der Waals surface area contributed by atoms with Crippen LogP contribution < -0.4 is 10.2 Å². The molecule has 1 aliphatic rings. The van der Waals surface area contributed by atoms with Gasteiger partial charge in [0.05, 0.1) is 5.92 Å². The van der Waals surface area contributed by atoms with E-state index in [9.17, 15) is 14.0 Å². The molecule has 0 spiro atoms. The van der Waals surface area contributed by atoms with E-state index in [1.807, 2.05) is 6.92 Å². The summed E-state index contributed by atoms with van der Waals surface area (Å²) in [7, 11) is 0. The molecule has 2 amide bonds. The highest BCUT2D eigenvalue weighted by atomic mass is 32.2. The smallest absolute Gasteiger partial charge is 0.227 e. The predicted molar refractivity (Wildman–Crippen MR) is 91.7 cm³/mol. The number of hydrogen-bond donors (Lipinski definition) is 2. The average molecular weight is 363 g/mol. The molecule has 7 nitrogen and oxygen atoms in total. The van der Waals surface area contributed by atoms with E-state index < -0.39 is 11.7 Å². The maximum absolute atomic E-state index is 13.3. The number of aromatic amines is 1. The van der Waals surface area contributed by atoms with Gasteiger partial charge in [-0.3, -0.25) is 14.7 Å². The van der Waals surface area contributed by atoms with Crippen LogP contribution >= 0.6 is 11.8 Å². The zero-order valence-corrected chi connectivity index (χ0v) is 14.5. The molecule has 2 aromatic rings. The van der Waals surface area contributed by atoms with Crippen LogP contribution in [0.3, 0.4) is 0 Å². The molecule has 2 N–H and O–H groups in total. The van der Waals surface area contributed by atoms with Crippen molar-refractivity contribution in [2.24, 2.45) is 5.92 Å². The second kappa shape index (κ2) is 7.64. The van der Waals surface area contributed by atoms with Crippen LogP contribution in [0.25, 0.3) is 0 Å². The summed E-state index contributed by atoms with van der Waals surface area (Å²) in [5, 5.41) is 10.2. The van der Waals surface area contributed by atoms with Crippen molar-refractivity contribution in [1.29, 1.82) is 0 Å². The lowest BCUT2D eigenvalue weighted by Crippen LogP contribution is -2.34. The molecule has 132 valence electrons. The Hall–Kier alpha value is -2.42. The molecule has 2 heterocycles. The van der Waals surface area contributed by atoms with Gasteiger partial charge in [0.1, 0.15) is 11.6 Å². The Morgan fingerprint density at radius 1 is 1.52 bits per heavy atom. The maximum Gasteiger partial charge on any atom is 0.227 e. The highest BCUT2D eigenvalue weighted by molar-refractivity contribution is 7.99. The molecule has 1 saturated heterocycles. The topological polar surface area (TPSA) is 91.0 Å². The number of nitrogens with zero attached hydrogens (tertiary/aromatic N) is 3. The van der Waals surface area contributed by atoms with Crippen molar-refractivity contribution < 1.29 is 14.0 Å². The number of H-pyrrole nitrogens is 1. The molecule has 1 aliphatic heterocycles. The molecule has 0 unspecified atom stereocenters. The lowest BCUT2D eigenvalue weighted by molar-refractivity contribution is -0.126. The lowest BCUT2D eigenvalue weighted by Gasteiger charge is -2.16. The zero-order valence-electron chi connectivity index (χ0n) is 13.7. The second-order valence-corrected chi connectivity index (χ2v) is 6.79. The van der Waals surface area contributed by atoms with Crippen molar-refractivity contribution in [3.8, 4) is 0 Å². The largest absolute Gasteiger partial charge is 0.355 e. The minimum absolute atomic E-state index is 0.135. The van der Waals surface area contributed by atoms with E-state index in [-0.39, 0.29) is 24.8 Å². The summed E-state index contributed by atoms with van der Waals surface area (Å²) < 4.78 is 13.3. The van der Waals surface area contributed by atoms with Crippen LogP contribution in [-0.2, 0) is 9.59 Å². The molecule has 1 fully saturated rings. The van der Waals surface area contributed by atoms with E-state index in [1.54, 1.807) is 12.1 Å². The van der Waals surface area contributed by atoms with Crippen LogP contribution in [0.1, 0.15) is 12.2 Å². The molecule has 0 bridgehead atoms. The molecule has 1 aromatic heterocycles. The molecular weight excluding hydrogens is 345 g/mol. The second-order valence-electron chi connectivity index (χ2n) is 5.73. The van der Waals surface area contributed by atoms with Gasteiger partial charge in [0.25, 0.3) is 0 Å². The normalized spacial score (nSPS) is 17.1. The highest BCUT2D eigenvalue weighted by Gasteiger charge is 2.35. The Morgan fingerprint density at radius 2 is 2.36 bits per heavy atom. The van der Waals surface area contributed by atoms with Crippen molar-refractivity contribution >= 4 is 29.3 Å². The van der Waals surface area contributed by atoms with E-state index in [0.29, 0.717) is 23.1 Å². The number of anilines is 1. The van der Waals surface area contributed by atoms with Crippen molar-refractivity contribution in [3.63, 3.8) is 0 Å². The minimum Gasteiger partial charge on any atom is -0.355 e. The van der Waals surface area contributed by atoms with Gasteiger partial charge in [-0.25, -0.2) is 9.37 Å². The summed E-state index contributed by atoms with van der Waals surface area (Å²) in [4.78, 5) is 30.0. The number of carbonyl (C=O) groups excluding carboxylic acids is 2. The fourth-order valence-electron chi connectivity index (χ4n) is 2.62. The Labute approximate surface area is 148 Å². The zero-order chi connectivity index (χ0) is 17.8. The quantitative estimate of drug-likeness (QED) is 0.600. The number of rotatable bonds is 6. The van der Waals surface area contributed by atoms with Crippen LogP contribution in [0.2, 0.25) is 0 Å². The summed E-state index contributed by atoms with van der Waals surface area (Å²) in [6.45, 7) is 2.55. The summed E-state index contributed by atoms with van der Waals surface area (Å²) in [6.07, 6.45) is 0.135. The summed E-state index contributed by atoms with van der Waals surface area (Å²) in [6, 6.07) is 5.83. The number of hydrogen-bond acceptors (Lipinski definition) is 5. The SMILES string of the molecule is Cc1nc(SCCNC(=O)[C@@H]2CC(=O)N(c3cccc(F)c3)C2)n[nH]1. The Kier molecular flexibility index (Phi) is 5.32. The fraction of sp³-hybridized carbons (Fsp3) is 0.375. The third-order valence-electron chi connectivity index (χ3n) is 3.82. The van der Waals surface area contributed by atoms with Gasteiger partial charge >= 0.3 is 0 Å². The van der Waals surface area contributed by atoms with Crippen LogP contribution in [0.15, 0.2) is 29.4 Å². The van der Waals surface area contributed by atoms with Gasteiger partial charge in [-0.1, -0.05) is 17.8 Å². The third kappa shape index (κ3) is 4.36. The number of nitrogens with one attached hydrogen (secondary N) is 2. The maximum atomic E-state index is 13.3. The molecule has 9 heteroatoms. The number of carbonyl (C=O) groups is 2. The lowest BCUT2D eigenvalue weighted by atomic mass is 10.1. The molecule has 25 heavy (non-hydrogen) atoms. The van der Waals surface area contributed by atoms with Gasteiger partial charge < -0.3 is 10.2 Å². The van der Waals surface area contributed by atoms with Crippen LogP contribution in [0.5, 0.6) is 0 Å². The molecule has 1 aromatic carbocycles. The molecule has 0 aliphatic carbocycles. The number of aromatic nitrogens is 3. The number of aryl methyl sites for hydroxylation is 1. The van der Waals surface area contributed by atoms with Gasteiger partial charge in [0.15, 0.2) is 0 Å². The van der Waals surface area contributed by atoms with E-state index in [4.69, 9.17) is 0 Å². The van der Waals surface area contributed by atoms with Gasteiger partial charge in [-0.05, 0) is 25.1 Å². The first kappa shape index (κ1) is 17.4. The number of thioether (sulfide) groups is 1. The Balaban J connectivity index is 1.47. The fourth-order valence-corrected chi connectivity index (χ4v) is 3.32. The predicted octanol–water partition coefficient (Wildman–Crippen LogP) is 1.51. The van der Waals surface area contributed by atoms with E-state index in [0.717, 1.165) is 5.82 Å².